The van der Waals surface area contributed by atoms with E-state index in [0.29, 0.717) is 11.3 Å². The zero-order valence-corrected chi connectivity index (χ0v) is 8.69. The fraction of sp³-hybridized carbons (Fsp3) is 0.182. The van der Waals surface area contributed by atoms with E-state index < -0.39 is 17.7 Å². The molecule has 2 rings (SSSR count). The minimum atomic E-state index is -0.899. The molecule has 0 aliphatic heterocycles. The third-order valence-electron chi connectivity index (χ3n) is 2.36. The summed E-state index contributed by atoms with van der Waals surface area (Å²) in [5.41, 5.74) is 7.00. The van der Waals surface area contributed by atoms with Crippen molar-refractivity contribution in [2.45, 2.75) is 6.04 Å². The summed E-state index contributed by atoms with van der Waals surface area (Å²) >= 11 is 0. The van der Waals surface area contributed by atoms with Gasteiger partial charge in [0.25, 0.3) is 0 Å². The maximum Gasteiger partial charge on any atom is 0.159 e. The molecule has 0 aliphatic rings. The summed E-state index contributed by atoms with van der Waals surface area (Å²) in [7, 11) is 1.77. The van der Waals surface area contributed by atoms with Crippen molar-refractivity contribution < 1.29 is 8.78 Å². The molecule has 1 heterocycles. The molecule has 0 fully saturated rings. The van der Waals surface area contributed by atoms with E-state index in [1.807, 2.05) is 0 Å². The van der Waals surface area contributed by atoms with Crippen LogP contribution in [0.25, 0.3) is 0 Å². The molecule has 1 aromatic heterocycles. The van der Waals surface area contributed by atoms with Crippen molar-refractivity contribution >= 4 is 0 Å². The minimum Gasteiger partial charge on any atom is -0.319 e. The van der Waals surface area contributed by atoms with Gasteiger partial charge in [-0.3, -0.25) is 4.68 Å². The van der Waals surface area contributed by atoms with Gasteiger partial charge in [0.1, 0.15) is 0 Å². The molecule has 0 amide bonds. The first-order valence-corrected chi connectivity index (χ1v) is 4.78. The van der Waals surface area contributed by atoms with Crippen LogP contribution >= 0.6 is 0 Å². The molecule has 0 saturated carbocycles. The van der Waals surface area contributed by atoms with E-state index in [4.69, 9.17) is 5.73 Å². The molecule has 0 aliphatic carbocycles. The van der Waals surface area contributed by atoms with Crippen LogP contribution in [-0.4, -0.2) is 9.78 Å². The summed E-state index contributed by atoms with van der Waals surface area (Å²) in [6.45, 7) is 0. The predicted molar refractivity (Wildman–Crippen MR) is 55.6 cm³/mol. The van der Waals surface area contributed by atoms with Crippen LogP contribution in [0, 0.1) is 11.6 Å². The third kappa shape index (κ3) is 1.94. The Hall–Kier alpha value is -1.75. The minimum absolute atomic E-state index is 0.498. The molecule has 2 N–H and O–H groups in total. The smallest absolute Gasteiger partial charge is 0.159 e. The number of hydrogen-bond acceptors (Lipinski definition) is 2. The summed E-state index contributed by atoms with van der Waals surface area (Å²) in [6, 6.07) is 4.81. The average molecular weight is 223 g/mol. The maximum atomic E-state index is 13.0. The summed E-state index contributed by atoms with van der Waals surface area (Å²) < 4.78 is 27.3. The van der Waals surface area contributed by atoms with E-state index in [1.165, 1.54) is 6.07 Å². The van der Waals surface area contributed by atoms with Crippen molar-refractivity contribution in [2.75, 3.05) is 0 Å². The first-order chi connectivity index (χ1) is 7.58. The fourth-order valence-corrected chi connectivity index (χ4v) is 1.48. The van der Waals surface area contributed by atoms with Gasteiger partial charge in [0.15, 0.2) is 11.6 Å². The second-order valence-corrected chi connectivity index (χ2v) is 3.57. The van der Waals surface area contributed by atoms with E-state index in [0.717, 1.165) is 12.1 Å². The van der Waals surface area contributed by atoms with Gasteiger partial charge in [0.2, 0.25) is 0 Å². The molecular formula is C11H11F2N3. The summed E-state index contributed by atoms with van der Waals surface area (Å²) in [4.78, 5) is 0. The SMILES string of the molecule is Cn1ccc(C(N)c2ccc(F)c(F)c2)n1. The van der Waals surface area contributed by atoms with Gasteiger partial charge < -0.3 is 5.73 Å². The van der Waals surface area contributed by atoms with Crippen LogP contribution in [0.15, 0.2) is 30.5 Å². The van der Waals surface area contributed by atoms with Crippen LogP contribution in [0.2, 0.25) is 0 Å². The van der Waals surface area contributed by atoms with Gasteiger partial charge in [0, 0.05) is 13.2 Å². The van der Waals surface area contributed by atoms with Gasteiger partial charge in [-0.1, -0.05) is 6.07 Å². The van der Waals surface area contributed by atoms with Crippen molar-refractivity contribution in [3.63, 3.8) is 0 Å². The zero-order valence-electron chi connectivity index (χ0n) is 8.69. The second kappa shape index (κ2) is 4.02. The number of nitrogens with two attached hydrogens (primary N) is 1. The Morgan fingerprint density at radius 2 is 2.00 bits per heavy atom. The van der Waals surface area contributed by atoms with Gasteiger partial charge in [-0.15, -0.1) is 0 Å². The summed E-state index contributed by atoms with van der Waals surface area (Å²) in [5.74, 6) is -1.78. The van der Waals surface area contributed by atoms with Gasteiger partial charge in [-0.25, -0.2) is 8.78 Å². The molecule has 1 atom stereocenters. The van der Waals surface area contributed by atoms with Gasteiger partial charge >= 0.3 is 0 Å². The van der Waals surface area contributed by atoms with Crippen LogP contribution in [0.3, 0.4) is 0 Å². The number of halogens is 2. The van der Waals surface area contributed by atoms with Gasteiger partial charge in [-0.2, -0.15) is 5.10 Å². The predicted octanol–water partition coefficient (Wildman–Crippen LogP) is 1.75. The zero-order chi connectivity index (χ0) is 11.7. The number of hydrogen-bond donors (Lipinski definition) is 1. The topological polar surface area (TPSA) is 43.8 Å². The monoisotopic (exact) mass is 223 g/mol. The normalized spacial score (nSPS) is 12.8. The van der Waals surface area contributed by atoms with Crippen LogP contribution in [0.4, 0.5) is 8.78 Å². The van der Waals surface area contributed by atoms with Gasteiger partial charge in [-0.05, 0) is 23.8 Å². The number of aryl methyl sites for hydroxylation is 1. The Balaban J connectivity index is 2.33. The van der Waals surface area contributed by atoms with Crippen molar-refractivity contribution in [3.8, 4) is 0 Å². The molecule has 0 bridgehead atoms. The van der Waals surface area contributed by atoms with Crippen LogP contribution in [0.5, 0.6) is 0 Å². The highest BCUT2D eigenvalue weighted by atomic mass is 19.2. The number of aromatic nitrogens is 2. The quantitative estimate of drug-likeness (QED) is 0.842. The van der Waals surface area contributed by atoms with Crippen molar-refractivity contribution in [1.29, 1.82) is 0 Å². The Kier molecular flexibility index (Phi) is 2.70. The Labute approximate surface area is 91.5 Å². The lowest BCUT2D eigenvalue weighted by atomic mass is 10.0. The molecule has 0 saturated heterocycles. The molecule has 3 nitrogen and oxygen atoms in total. The number of nitrogens with zero attached hydrogens (tertiary/aromatic N) is 2. The molecule has 84 valence electrons. The lowest BCUT2D eigenvalue weighted by molar-refractivity contribution is 0.506. The molecule has 0 radical (unpaired) electrons. The third-order valence-corrected chi connectivity index (χ3v) is 2.36. The lowest BCUT2D eigenvalue weighted by Gasteiger charge is -2.09. The molecular weight excluding hydrogens is 212 g/mol. The van der Waals surface area contributed by atoms with E-state index in [2.05, 4.69) is 5.10 Å². The number of benzene rings is 1. The van der Waals surface area contributed by atoms with E-state index in [-0.39, 0.29) is 0 Å². The summed E-state index contributed by atoms with van der Waals surface area (Å²) in [6.07, 6.45) is 1.75. The average Bonchev–Trinajstić information content (AvgIpc) is 2.68. The molecule has 0 spiro atoms. The maximum absolute atomic E-state index is 13.0. The lowest BCUT2D eigenvalue weighted by Crippen LogP contribution is -2.13. The van der Waals surface area contributed by atoms with E-state index in [9.17, 15) is 8.78 Å². The van der Waals surface area contributed by atoms with Crippen LogP contribution < -0.4 is 5.73 Å². The highest BCUT2D eigenvalue weighted by Crippen LogP contribution is 2.19. The van der Waals surface area contributed by atoms with Crippen molar-refractivity contribution in [3.05, 3.63) is 53.4 Å². The highest BCUT2D eigenvalue weighted by molar-refractivity contribution is 5.27. The Morgan fingerprint density at radius 1 is 1.25 bits per heavy atom. The van der Waals surface area contributed by atoms with Crippen molar-refractivity contribution in [2.24, 2.45) is 12.8 Å². The molecule has 5 heteroatoms. The molecule has 1 aromatic carbocycles. The Morgan fingerprint density at radius 3 is 2.56 bits per heavy atom. The summed E-state index contributed by atoms with van der Waals surface area (Å²) in [5, 5.41) is 4.11. The fourth-order valence-electron chi connectivity index (χ4n) is 1.48. The van der Waals surface area contributed by atoms with Crippen LogP contribution in [0.1, 0.15) is 17.3 Å². The first kappa shape index (κ1) is 10.8. The number of rotatable bonds is 2. The highest BCUT2D eigenvalue weighted by Gasteiger charge is 2.13. The first-order valence-electron chi connectivity index (χ1n) is 4.78. The van der Waals surface area contributed by atoms with Crippen molar-refractivity contribution in [1.82, 2.24) is 9.78 Å². The van der Waals surface area contributed by atoms with Crippen LogP contribution in [-0.2, 0) is 7.05 Å². The Bertz CT molecular complexity index is 508. The van der Waals surface area contributed by atoms with Gasteiger partial charge in [0.05, 0.1) is 11.7 Å². The largest absolute Gasteiger partial charge is 0.319 e. The van der Waals surface area contributed by atoms with E-state index >= 15 is 0 Å². The molecule has 16 heavy (non-hydrogen) atoms. The van der Waals surface area contributed by atoms with E-state index in [1.54, 1.807) is 24.0 Å². The standard InChI is InChI=1S/C11H11F2N3/c1-16-5-4-10(15-16)11(14)7-2-3-8(12)9(13)6-7/h2-6,11H,14H2,1H3. The molecule has 1 unspecified atom stereocenters. The second-order valence-electron chi connectivity index (χ2n) is 3.57. The molecule has 2 aromatic rings.